The Hall–Kier alpha value is -2.52. The summed E-state index contributed by atoms with van der Waals surface area (Å²) in [6.45, 7) is 4.13. The number of thiazole rings is 1. The molecule has 28 heavy (non-hydrogen) atoms. The second kappa shape index (κ2) is 8.66. The largest absolute Gasteiger partial charge is 0.370 e. The number of imidazole rings is 1. The molecular formula is C19H22N6OS2. The number of rotatable bonds is 5. The van der Waals surface area contributed by atoms with Crippen LogP contribution in [0, 0.1) is 6.92 Å². The van der Waals surface area contributed by atoms with Crippen LogP contribution in [0.3, 0.4) is 0 Å². The molecule has 1 aliphatic rings. The molecule has 1 fully saturated rings. The molecule has 1 aliphatic heterocycles. The monoisotopic (exact) mass is 414 g/mol. The zero-order valence-corrected chi connectivity index (χ0v) is 17.2. The van der Waals surface area contributed by atoms with Crippen molar-refractivity contribution in [3.05, 3.63) is 42.4 Å². The number of nitrogens with one attached hydrogen (secondary N) is 3. The molecule has 3 heterocycles. The fraction of sp³-hybridized carbons (Fsp3) is 0.316. The van der Waals surface area contributed by atoms with E-state index in [4.69, 9.17) is 0 Å². The number of H-pyrrole nitrogens is 1. The molecule has 1 saturated heterocycles. The average Bonchev–Trinajstić information content (AvgIpc) is 3.36. The molecule has 9 heteroatoms. The van der Waals surface area contributed by atoms with Gasteiger partial charge in [0.2, 0.25) is 0 Å². The van der Waals surface area contributed by atoms with E-state index < -0.39 is 0 Å². The van der Waals surface area contributed by atoms with Crippen LogP contribution in [-0.2, 0) is 0 Å². The Kier molecular flexibility index (Phi) is 5.82. The number of nitrogens with zero attached hydrogens (tertiary/aromatic N) is 3. The van der Waals surface area contributed by atoms with E-state index in [1.54, 1.807) is 18.6 Å². The van der Waals surface area contributed by atoms with Crippen LogP contribution < -0.4 is 15.5 Å². The summed E-state index contributed by atoms with van der Waals surface area (Å²) in [4.78, 5) is 26.4. The average molecular weight is 415 g/mol. The van der Waals surface area contributed by atoms with Crippen LogP contribution in [0.2, 0.25) is 0 Å². The maximum atomic E-state index is 12.5. The maximum absolute atomic E-state index is 12.5. The van der Waals surface area contributed by atoms with Crippen molar-refractivity contribution in [1.82, 2.24) is 15.0 Å². The Morgan fingerprint density at radius 2 is 2.07 bits per heavy atom. The van der Waals surface area contributed by atoms with Crippen molar-refractivity contribution < 1.29 is 4.79 Å². The lowest BCUT2D eigenvalue weighted by Crippen LogP contribution is -2.31. The number of carbonyl (C=O) groups is 1. The number of urea groups is 1. The number of anilines is 3. The first-order valence-electron chi connectivity index (χ1n) is 9.24. The van der Waals surface area contributed by atoms with Gasteiger partial charge in [-0.1, -0.05) is 17.4 Å². The Bertz CT molecular complexity index is 934. The Balaban J connectivity index is 1.42. The number of piperidine rings is 1. The molecule has 0 unspecified atom stereocenters. The van der Waals surface area contributed by atoms with E-state index in [-0.39, 0.29) is 6.03 Å². The number of aromatic amines is 1. The summed E-state index contributed by atoms with van der Waals surface area (Å²) in [5.74, 6) is 0. The molecular weight excluding hydrogens is 392 g/mol. The maximum Gasteiger partial charge on any atom is 0.325 e. The van der Waals surface area contributed by atoms with Gasteiger partial charge in [-0.2, -0.15) is 0 Å². The lowest BCUT2D eigenvalue weighted by molar-refractivity contribution is 0.262. The highest BCUT2D eigenvalue weighted by Crippen LogP contribution is 2.33. The van der Waals surface area contributed by atoms with Crippen molar-refractivity contribution in [3.63, 3.8) is 0 Å². The molecule has 0 radical (unpaired) electrons. The molecule has 7 nitrogen and oxygen atoms in total. The van der Waals surface area contributed by atoms with E-state index in [1.807, 2.05) is 12.1 Å². The van der Waals surface area contributed by atoms with Crippen LogP contribution >= 0.6 is 23.1 Å². The van der Waals surface area contributed by atoms with Gasteiger partial charge in [0.1, 0.15) is 0 Å². The molecule has 2 amide bonds. The fourth-order valence-corrected chi connectivity index (χ4v) is 4.88. The molecule has 0 bridgehead atoms. The van der Waals surface area contributed by atoms with Crippen molar-refractivity contribution in [2.24, 2.45) is 0 Å². The molecule has 0 saturated carbocycles. The van der Waals surface area contributed by atoms with Crippen molar-refractivity contribution in [2.75, 3.05) is 28.6 Å². The second-order valence-corrected chi connectivity index (χ2v) is 8.95. The first kappa shape index (κ1) is 18.8. The van der Waals surface area contributed by atoms with Gasteiger partial charge in [0.05, 0.1) is 21.8 Å². The summed E-state index contributed by atoms with van der Waals surface area (Å²) in [5.41, 5.74) is 3.10. The second-order valence-electron chi connectivity index (χ2n) is 6.63. The number of carbonyl (C=O) groups excluding carboxylic acids is 1. The SMILES string of the molecule is Cc1ccc(NC(=O)Nc2ncc(Sc3ncc[nH]3)s2)c(N2CCCCC2)c1. The molecule has 3 N–H and O–H groups in total. The van der Waals surface area contributed by atoms with E-state index >= 15 is 0 Å². The highest BCUT2D eigenvalue weighted by molar-refractivity contribution is 8.01. The van der Waals surface area contributed by atoms with Gasteiger partial charge in [-0.05, 0) is 55.6 Å². The van der Waals surface area contributed by atoms with Crippen LogP contribution in [0.5, 0.6) is 0 Å². The first-order chi connectivity index (χ1) is 13.7. The van der Waals surface area contributed by atoms with E-state index in [1.165, 1.54) is 47.9 Å². The van der Waals surface area contributed by atoms with Gasteiger partial charge >= 0.3 is 6.03 Å². The summed E-state index contributed by atoms with van der Waals surface area (Å²) in [6.07, 6.45) is 8.87. The zero-order chi connectivity index (χ0) is 19.3. The Labute approximate surface area is 172 Å². The first-order valence-corrected chi connectivity index (χ1v) is 10.9. The minimum atomic E-state index is -0.286. The molecule has 3 aromatic rings. The van der Waals surface area contributed by atoms with Crippen LogP contribution in [0.15, 0.2) is 46.2 Å². The normalized spacial score (nSPS) is 14.1. The Morgan fingerprint density at radius 1 is 1.21 bits per heavy atom. The van der Waals surface area contributed by atoms with E-state index in [0.717, 1.165) is 33.8 Å². The van der Waals surface area contributed by atoms with Gasteiger partial charge in [-0.15, -0.1) is 0 Å². The fourth-order valence-electron chi connectivity index (χ4n) is 3.16. The van der Waals surface area contributed by atoms with Crippen LogP contribution in [-0.4, -0.2) is 34.1 Å². The third kappa shape index (κ3) is 4.66. The molecule has 1 aromatic carbocycles. The number of hydrogen-bond donors (Lipinski definition) is 3. The van der Waals surface area contributed by atoms with Crippen molar-refractivity contribution in [1.29, 1.82) is 0 Å². The van der Waals surface area contributed by atoms with Gasteiger partial charge in [-0.3, -0.25) is 5.32 Å². The molecule has 146 valence electrons. The number of aromatic nitrogens is 3. The molecule has 0 spiro atoms. The number of benzene rings is 1. The third-order valence-electron chi connectivity index (χ3n) is 4.47. The highest BCUT2D eigenvalue weighted by Gasteiger charge is 2.17. The van der Waals surface area contributed by atoms with Gasteiger partial charge in [-0.25, -0.2) is 14.8 Å². The number of hydrogen-bond acceptors (Lipinski definition) is 6. The summed E-state index contributed by atoms with van der Waals surface area (Å²) in [5, 5.41) is 7.17. The predicted molar refractivity (Wildman–Crippen MR) is 115 cm³/mol. The number of aryl methyl sites for hydroxylation is 1. The molecule has 0 aliphatic carbocycles. The van der Waals surface area contributed by atoms with E-state index in [0.29, 0.717) is 5.13 Å². The summed E-state index contributed by atoms with van der Waals surface area (Å²) < 4.78 is 0.953. The zero-order valence-electron chi connectivity index (χ0n) is 15.6. The van der Waals surface area contributed by atoms with Gasteiger partial charge < -0.3 is 15.2 Å². The number of amides is 2. The van der Waals surface area contributed by atoms with Crippen molar-refractivity contribution in [3.8, 4) is 0 Å². The van der Waals surface area contributed by atoms with Gasteiger partial charge in [0.15, 0.2) is 10.3 Å². The van der Waals surface area contributed by atoms with Crippen LogP contribution in [0.25, 0.3) is 0 Å². The molecule has 4 rings (SSSR count). The van der Waals surface area contributed by atoms with Gasteiger partial charge in [0.25, 0.3) is 0 Å². The summed E-state index contributed by atoms with van der Waals surface area (Å²) >= 11 is 2.89. The lowest BCUT2D eigenvalue weighted by atomic mass is 10.1. The minimum absolute atomic E-state index is 0.286. The smallest absolute Gasteiger partial charge is 0.325 e. The standard InChI is InChI=1S/C19H22N6OS2/c1-13-5-6-14(15(11-13)25-9-3-2-4-10-25)23-17(26)24-19-22-12-16(28-19)27-18-20-7-8-21-18/h5-8,11-12H,2-4,9-10H2,1H3,(H,20,21)(H2,22,23,24,26). The summed E-state index contributed by atoms with van der Waals surface area (Å²) in [6, 6.07) is 5.84. The molecule has 0 atom stereocenters. The van der Waals surface area contributed by atoms with Crippen LogP contribution in [0.1, 0.15) is 24.8 Å². The van der Waals surface area contributed by atoms with Crippen molar-refractivity contribution >= 4 is 45.6 Å². The molecule has 2 aromatic heterocycles. The van der Waals surface area contributed by atoms with Gasteiger partial charge in [0, 0.05) is 25.5 Å². The van der Waals surface area contributed by atoms with Crippen molar-refractivity contribution in [2.45, 2.75) is 35.6 Å². The lowest BCUT2D eigenvalue weighted by Gasteiger charge is -2.30. The summed E-state index contributed by atoms with van der Waals surface area (Å²) in [7, 11) is 0. The predicted octanol–water partition coefficient (Wildman–Crippen LogP) is 4.96. The van der Waals surface area contributed by atoms with E-state index in [2.05, 4.69) is 43.5 Å². The minimum Gasteiger partial charge on any atom is -0.370 e. The van der Waals surface area contributed by atoms with Crippen LogP contribution in [0.4, 0.5) is 21.3 Å². The quantitative estimate of drug-likeness (QED) is 0.549. The third-order valence-corrected chi connectivity index (χ3v) is 6.40. The topological polar surface area (TPSA) is 85.9 Å². The highest BCUT2D eigenvalue weighted by atomic mass is 32.2. The van der Waals surface area contributed by atoms with E-state index in [9.17, 15) is 4.79 Å². The Morgan fingerprint density at radius 3 is 2.86 bits per heavy atom.